The molecule has 0 bridgehead atoms. The van der Waals surface area contributed by atoms with Crippen molar-refractivity contribution in [2.75, 3.05) is 13.6 Å². The molecule has 1 heterocycles. The molecule has 1 atom stereocenters. The van der Waals surface area contributed by atoms with Crippen molar-refractivity contribution in [2.45, 2.75) is 18.9 Å². The van der Waals surface area contributed by atoms with Crippen LogP contribution in [0.1, 0.15) is 6.42 Å². The number of nitrogens with zero attached hydrogens (tertiary/aromatic N) is 1. The van der Waals surface area contributed by atoms with Crippen LogP contribution in [0.15, 0.2) is 0 Å². The smallest absolute Gasteiger partial charge is 0.317 e. The van der Waals surface area contributed by atoms with Gasteiger partial charge in [0, 0.05) is 20.0 Å². The van der Waals surface area contributed by atoms with Crippen molar-refractivity contribution in [2.24, 2.45) is 0 Å². The number of amides is 2. The summed E-state index contributed by atoms with van der Waals surface area (Å²) in [5.41, 5.74) is 0. The topological polar surface area (TPSA) is 32.3 Å². The van der Waals surface area contributed by atoms with Crippen molar-refractivity contribution in [3.05, 3.63) is 0 Å². The van der Waals surface area contributed by atoms with E-state index in [1.807, 2.05) is 0 Å². The number of carbonyl (C=O) groups excluding carboxylic acids is 1. The maximum absolute atomic E-state index is 11.8. The van der Waals surface area contributed by atoms with Crippen molar-refractivity contribution >= 4 is 6.03 Å². The molecule has 1 aliphatic rings. The van der Waals surface area contributed by atoms with Gasteiger partial charge in [-0.1, -0.05) is 0 Å². The Morgan fingerprint density at radius 3 is 2.82 bits per heavy atom. The first-order valence-corrected chi connectivity index (χ1v) is 3.40. The first-order chi connectivity index (χ1) is 5.11. The summed E-state index contributed by atoms with van der Waals surface area (Å²) < 4.78 is 23.6. The molecule has 0 saturated carbocycles. The van der Waals surface area contributed by atoms with E-state index >= 15 is 0 Å². The number of carbonyl (C=O) groups is 1. The Labute approximate surface area is 63.4 Å². The minimum Gasteiger partial charge on any atom is -0.336 e. The van der Waals surface area contributed by atoms with Crippen molar-refractivity contribution in [1.82, 2.24) is 10.2 Å². The molecule has 0 aromatic carbocycles. The van der Waals surface area contributed by atoms with Crippen molar-refractivity contribution in [3.8, 4) is 0 Å². The lowest BCUT2D eigenvalue weighted by atomic mass is 10.2. The third-order valence-corrected chi connectivity index (χ3v) is 1.81. The quantitative estimate of drug-likeness (QED) is 0.639. The Balaban J connectivity index is 2.42. The Hall–Kier alpha value is -0.870. The maximum atomic E-state index is 11.8. The highest BCUT2D eigenvalue weighted by Gasteiger charge is 2.29. The van der Waals surface area contributed by atoms with E-state index in [0.717, 1.165) is 0 Å². The van der Waals surface area contributed by atoms with Crippen LogP contribution < -0.4 is 5.32 Å². The molecular weight excluding hydrogens is 154 g/mol. The second kappa shape index (κ2) is 3.02. The molecule has 0 aliphatic carbocycles. The molecule has 0 aromatic rings. The minimum atomic E-state index is -2.34. The van der Waals surface area contributed by atoms with Crippen molar-refractivity contribution in [3.63, 3.8) is 0 Å². The lowest BCUT2D eigenvalue weighted by molar-refractivity contribution is 0.110. The predicted octanol–water partition coefficient (Wildman–Crippen LogP) is 0.665. The van der Waals surface area contributed by atoms with Gasteiger partial charge in [-0.3, -0.25) is 0 Å². The van der Waals surface area contributed by atoms with Crippen LogP contribution in [0.2, 0.25) is 0 Å². The average molecular weight is 164 g/mol. The van der Waals surface area contributed by atoms with Crippen molar-refractivity contribution < 1.29 is 13.6 Å². The van der Waals surface area contributed by atoms with E-state index in [0.29, 0.717) is 6.54 Å². The van der Waals surface area contributed by atoms with Crippen molar-refractivity contribution in [1.29, 1.82) is 0 Å². The molecule has 5 heteroatoms. The summed E-state index contributed by atoms with van der Waals surface area (Å²) in [4.78, 5) is 12.0. The molecule has 2 amide bonds. The molecule has 0 aromatic heterocycles. The lowest BCUT2D eigenvalue weighted by Gasteiger charge is -2.16. The first kappa shape index (κ1) is 8.23. The van der Waals surface area contributed by atoms with Gasteiger partial charge in [-0.15, -0.1) is 0 Å². The summed E-state index contributed by atoms with van der Waals surface area (Å²) in [6.07, 6.45) is -2.58. The molecule has 1 aliphatic heterocycles. The summed E-state index contributed by atoms with van der Waals surface area (Å²) in [6.45, 7) is 0.333. The molecule has 64 valence electrons. The third kappa shape index (κ3) is 1.78. The van der Waals surface area contributed by atoms with Crippen LogP contribution >= 0.6 is 0 Å². The summed E-state index contributed by atoms with van der Waals surface area (Å²) in [6, 6.07) is -0.613. The Kier molecular flexibility index (Phi) is 2.26. The highest BCUT2D eigenvalue weighted by molar-refractivity contribution is 5.76. The molecule has 1 unspecified atom stereocenters. The summed E-state index contributed by atoms with van der Waals surface area (Å²) in [5, 5.41) is 2.48. The zero-order chi connectivity index (χ0) is 8.43. The molecular formula is C6H10F2N2O. The number of halogens is 2. The molecule has 3 nitrogen and oxygen atoms in total. The highest BCUT2D eigenvalue weighted by Crippen LogP contribution is 2.12. The number of alkyl halides is 2. The Morgan fingerprint density at radius 1 is 1.82 bits per heavy atom. The summed E-state index contributed by atoms with van der Waals surface area (Å²) in [5.74, 6) is 0. The van der Waals surface area contributed by atoms with Crippen LogP contribution in [-0.2, 0) is 0 Å². The van der Waals surface area contributed by atoms with Gasteiger partial charge in [-0.05, 0) is 0 Å². The number of hydrogen-bond acceptors (Lipinski definition) is 1. The van der Waals surface area contributed by atoms with E-state index in [1.54, 1.807) is 0 Å². The normalized spacial score (nSPS) is 24.5. The molecule has 11 heavy (non-hydrogen) atoms. The monoisotopic (exact) mass is 164 g/mol. The summed E-state index contributed by atoms with van der Waals surface area (Å²) in [7, 11) is 1.52. The van der Waals surface area contributed by atoms with Gasteiger partial charge in [0.2, 0.25) is 6.43 Å². The van der Waals surface area contributed by atoms with Crippen LogP contribution in [-0.4, -0.2) is 37.0 Å². The van der Waals surface area contributed by atoms with Gasteiger partial charge in [-0.25, -0.2) is 13.6 Å². The third-order valence-electron chi connectivity index (χ3n) is 1.81. The van der Waals surface area contributed by atoms with Crippen LogP contribution in [0.4, 0.5) is 13.6 Å². The van der Waals surface area contributed by atoms with Crippen LogP contribution in [0.3, 0.4) is 0 Å². The van der Waals surface area contributed by atoms with Gasteiger partial charge in [0.25, 0.3) is 0 Å². The largest absolute Gasteiger partial charge is 0.336 e. The average Bonchev–Trinajstić information content (AvgIpc) is 2.18. The van der Waals surface area contributed by atoms with Gasteiger partial charge in [0.05, 0.1) is 6.04 Å². The second-order valence-corrected chi connectivity index (χ2v) is 2.58. The Bertz CT molecular complexity index is 163. The maximum Gasteiger partial charge on any atom is 0.317 e. The fourth-order valence-electron chi connectivity index (χ4n) is 1.08. The van der Waals surface area contributed by atoms with E-state index < -0.39 is 6.43 Å². The first-order valence-electron chi connectivity index (χ1n) is 3.40. The highest BCUT2D eigenvalue weighted by atomic mass is 19.3. The number of rotatable bonds is 2. The fraction of sp³-hybridized carbons (Fsp3) is 0.833. The van der Waals surface area contributed by atoms with Crippen LogP contribution in [0.25, 0.3) is 0 Å². The van der Waals surface area contributed by atoms with E-state index in [4.69, 9.17) is 0 Å². The number of hydrogen-bond donors (Lipinski definition) is 1. The van der Waals surface area contributed by atoms with E-state index in [-0.39, 0.29) is 18.5 Å². The van der Waals surface area contributed by atoms with Gasteiger partial charge in [0.1, 0.15) is 0 Å². The van der Waals surface area contributed by atoms with Crippen LogP contribution in [0, 0.1) is 0 Å². The standard InChI is InChI=1S/C6H10F2N2O/c1-10-4(2-5(7)8)3-9-6(10)11/h4-5H,2-3H2,1H3,(H,9,11). The van der Waals surface area contributed by atoms with Gasteiger partial charge in [0.15, 0.2) is 0 Å². The number of likely N-dealkylation sites (N-methyl/N-ethyl adjacent to an activating group) is 1. The molecule has 1 N–H and O–H groups in total. The van der Waals surface area contributed by atoms with E-state index in [2.05, 4.69) is 5.32 Å². The minimum absolute atomic E-state index is 0.241. The number of nitrogens with one attached hydrogen (secondary N) is 1. The number of urea groups is 1. The molecule has 1 fully saturated rings. The molecule has 0 radical (unpaired) electrons. The second-order valence-electron chi connectivity index (χ2n) is 2.58. The zero-order valence-corrected chi connectivity index (χ0v) is 6.18. The predicted molar refractivity (Wildman–Crippen MR) is 35.6 cm³/mol. The molecule has 1 saturated heterocycles. The van der Waals surface area contributed by atoms with E-state index in [1.165, 1.54) is 11.9 Å². The fourth-order valence-corrected chi connectivity index (χ4v) is 1.08. The molecule has 0 spiro atoms. The van der Waals surface area contributed by atoms with Gasteiger partial charge in [-0.2, -0.15) is 0 Å². The lowest BCUT2D eigenvalue weighted by Crippen LogP contribution is -2.31. The van der Waals surface area contributed by atoms with Gasteiger partial charge >= 0.3 is 6.03 Å². The zero-order valence-electron chi connectivity index (χ0n) is 6.18. The SMILES string of the molecule is CN1C(=O)NCC1CC(F)F. The van der Waals surface area contributed by atoms with Gasteiger partial charge < -0.3 is 10.2 Å². The Morgan fingerprint density at radius 2 is 2.45 bits per heavy atom. The van der Waals surface area contributed by atoms with Crippen LogP contribution in [0.5, 0.6) is 0 Å². The molecule has 1 rings (SSSR count). The summed E-state index contributed by atoms with van der Waals surface area (Å²) >= 11 is 0. The van der Waals surface area contributed by atoms with E-state index in [9.17, 15) is 13.6 Å².